The molecule has 1 aliphatic heterocycles. The van der Waals surface area contributed by atoms with E-state index in [1.54, 1.807) is 6.07 Å². The summed E-state index contributed by atoms with van der Waals surface area (Å²) in [6, 6.07) is 1.77. The summed E-state index contributed by atoms with van der Waals surface area (Å²) >= 11 is 5.80. The molecule has 2 heterocycles. The minimum atomic E-state index is -0.00660. The third-order valence-corrected chi connectivity index (χ3v) is 3.82. The van der Waals surface area contributed by atoms with Crippen molar-refractivity contribution in [1.29, 1.82) is 0 Å². The van der Waals surface area contributed by atoms with Gasteiger partial charge in [0.2, 0.25) is 0 Å². The molecule has 2 rings (SSSR count). The predicted molar refractivity (Wildman–Crippen MR) is 71.9 cm³/mol. The number of nitrogens with zero attached hydrogens (tertiary/aromatic N) is 1. The van der Waals surface area contributed by atoms with E-state index >= 15 is 0 Å². The van der Waals surface area contributed by atoms with Crippen LogP contribution in [-0.2, 0) is 5.88 Å². The number of alkyl halides is 1. The highest BCUT2D eigenvalue weighted by molar-refractivity contribution is 6.17. The highest BCUT2D eigenvalue weighted by Crippen LogP contribution is 2.24. The first-order chi connectivity index (χ1) is 8.51. The van der Waals surface area contributed by atoms with Gasteiger partial charge in [-0.3, -0.25) is 4.79 Å². The van der Waals surface area contributed by atoms with Gasteiger partial charge < -0.3 is 9.32 Å². The van der Waals surface area contributed by atoms with E-state index in [-0.39, 0.29) is 5.91 Å². The molecule has 4 heteroatoms. The summed E-state index contributed by atoms with van der Waals surface area (Å²) in [5.74, 6) is 2.65. The molecule has 1 aromatic rings. The first kappa shape index (κ1) is 13.5. The number of aryl methyl sites for hydroxylation is 1. The highest BCUT2D eigenvalue weighted by Gasteiger charge is 2.28. The fraction of sp³-hybridized carbons (Fsp3) is 0.643. The van der Waals surface area contributed by atoms with Crippen molar-refractivity contribution in [2.75, 3.05) is 13.1 Å². The Morgan fingerprint density at radius 2 is 2.06 bits per heavy atom. The molecule has 1 fully saturated rings. The molecule has 0 aliphatic carbocycles. The summed E-state index contributed by atoms with van der Waals surface area (Å²) < 4.78 is 5.52. The maximum absolute atomic E-state index is 12.4. The van der Waals surface area contributed by atoms with Crippen molar-refractivity contribution in [1.82, 2.24) is 4.90 Å². The second kappa shape index (κ2) is 5.35. The first-order valence-corrected chi connectivity index (χ1v) is 6.99. The zero-order valence-corrected chi connectivity index (χ0v) is 12.0. The number of likely N-dealkylation sites (tertiary alicyclic amines) is 1. The minimum Gasteiger partial charge on any atom is -0.456 e. The lowest BCUT2D eigenvalue weighted by Gasteiger charge is -2.34. The quantitative estimate of drug-likeness (QED) is 0.771. The van der Waals surface area contributed by atoms with Crippen LogP contribution in [0.15, 0.2) is 10.5 Å². The number of furan rings is 1. The van der Waals surface area contributed by atoms with Gasteiger partial charge in [0.15, 0.2) is 5.76 Å². The van der Waals surface area contributed by atoms with E-state index in [1.165, 1.54) is 6.42 Å². The number of rotatable bonds is 2. The van der Waals surface area contributed by atoms with E-state index < -0.39 is 0 Å². The van der Waals surface area contributed by atoms with Crippen LogP contribution in [0.3, 0.4) is 0 Å². The summed E-state index contributed by atoms with van der Waals surface area (Å²) in [5.41, 5.74) is 0.901. The topological polar surface area (TPSA) is 33.5 Å². The molecule has 2 atom stereocenters. The van der Waals surface area contributed by atoms with Gasteiger partial charge in [0, 0.05) is 18.7 Å². The van der Waals surface area contributed by atoms with Gasteiger partial charge >= 0.3 is 0 Å². The largest absolute Gasteiger partial charge is 0.456 e. The van der Waals surface area contributed by atoms with Gasteiger partial charge in [-0.05, 0) is 31.2 Å². The van der Waals surface area contributed by atoms with E-state index in [9.17, 15) is 4.79 Å². The molecule has 1 saturated heterocycles. The molecule has 100 valence electrons. The molecule has 0 spiro atoms. The lowest BCUT2D eigenvalue weighted by Crippen LogP contribution is -2.42. The molecular formula is C14H20ClNO2. The van der Waals surface area contributed by atoms with E-state index in [1.807, 2.05) is 11.8 Å². The Morgan fingerprint density at radius 1 is 1.44 bits per heavy atom. The molecule has 0 radical (unpaired) electrons. The van der Waals surface area contributed by atoms with Gasteiger partial charge in [0.1, 0.15) is 5.76 Å². The average Bonchev–Trinajstić information content (AvgIpc) is 2.68. The van der Waals surface area contributed by atoms with Gasteiger partial charge in [0.05, 0.1) is 5.88 Å². The fourth-order valence-electron chi connectivity index (χ4n) is 2.74. The standard InChI is InChI=1S/C14H20ClNO2/c1-9-4-10(2)8-16(7-9)14(17)13-5-12(6-15)11(3)18-13/h5,9-10H,4,6-8H2,1-3H3. The van der Waals surface area contributed by atoms with Gasteiger partial charge in [-0.2, -0.15) is 0 Å². The van der Waals surface area contributed by atoms with Crippen LogP contribution < -0.4 is 0 Å². The van der Waals surface area contributed by atoms with Gasteiger partial charge in [-0.25, -0.2) is 0 Å². The number of hydrogen-bond acceptors (Lipinski definition) is 2. The molecule has 0 bridgehead atoms. The maximum atomic E-state index is 12.4. The van der Waals surface area contributed by atoms with Crippen molar-refractivity contribution in [2.45, 2.75) is 33.1 Å². The van der Waals surface area contributed by atoms with Gasteiger partial charge in [-0.1, -0.05) is 13.8 Å². The fourth-order valence-corrected chi connectivity index (χ4v) is 3.01. The van der Waals surface area contributed by atoms with Crippen LogP contribution in [0.1, 0.15) is 42.1 Å². The third kappa shape index (κ3) is 2.72. The Kier molecular flexibility index (Phi) is 4.00. The second-order valence-corrected chi connectivity index (χ2v) is 5.75. The summed E-state index contributed by atoms with van der Waals surface area (Å²) in [4.78, 5) is 14.3. The van der Waals surface area contributed by atoms with Crippen LogP contribution in [-0.4, -0.2) is 23.9 Å². The smallest absolute Gasteiger partial charge is 0.289 e. The van der Waals surface area contributed by atoms with Crippen molar-refractivity contribution in [2.24, 2.45) is 11.8 Å². The van der Waals surface area contributed by atoms with Crippen LogP contribution in [0, 0.1) is 18.8 Å². The molecular weight excluding hydrogens is 250 g/mol. The summed E-state index contributed by atoms with van der Waals surface area (Å²) in [5, 5.41) is 0. The minimum absolute atomic E-state index is 0.00660. The number of carbonyl (C=O) groups is 1. The van der Waals surface area contributed by atoms with Crippen LogP contribution in [0.2, 0.25) is 0 Å². The molecule has 0 saturated carbocycles. The van der Waals surface area contributed by atoms with Crippen molar-refractivity contribution >= 4 is 17.5 Å². The van der Waals surface area contributed by atoms with E-state index in [4.69, 9.17) is 16.0 Å². The molecule has 18 heavy (non-hydrogen) atoms. The lowest BCUT2D eigenvalue weighted by atomic mass is 9.92. The Balaban J connectivity index is 2.14. The number of halogens is 1. The molecule has 0 aromatic carbocycles. The zero-order chi connectivity index (χ0) is 13.3. The normalized spacial score (nSPS) is 24.3. The van der Waals surface area contributed by atoms with Gasteiger partial charge in [-0.15, -0.1) is 11.6 Å². The molecule has 0 N–H and O–H groups in total. The number of piperidine rings is 1. The van der Waals surface area contributed by atoms with Crippen molar-refractivity contribution < 1.29 is 9.21 Å². The Labute approximate surface area is 113 Å². The van der Waals surface area contributed by atoms with Crippen molar-refractivity contribution in [3.05, 3.63) is 23.2 Å². The second-order valence-electron chi connectivity index (χ2n) is 5.48. The SMILES string of the molecule is Cc1oc(C(=O)N2CC(C)CC(C)C2)cc1CCl. The van der Waals surface area contributed by atoms with Crippen LogP contribution in [0.5, 0.6) is 0 Å². The Hall–Kier alpha value is -0.960. The van der Waals surface area contributed by atoms with E-state index in [0.717, 1.165) is 24.4 Å². The van der Waals surface area contributed by atoms with Crippen molar-refractivity contribution in [3.8, 4) is 0 Å². The summed E-state index contributed by atoms with van der Waals surface area (Å²) in [7, 11) is 0. The third-order valence-electron chi connectivity index (χ3n) is 3.53. The zero-order valence-electron chi connectivity index (χ0n) is 11.2. The molecule has 1 aromatic heterocycles. The number of amides is 1. The van der Waals surface area contributed by atoms with Crippen LogP contribution >= 0.6 is 11.6 Å². The van der Waals surface area contributed by atoms with Crippen molar-refractivity contribution in [3.63, 3.8) is 0 Å². The maximum Gasteiger partial charge on any atom is 0.289 e. The Bertz CT molecular complexity index is 431. The summed E-state index contributed by atoms with van der Waals surface area (Å²) in [6.45, 7) is 7.86. The molecule has 1 amide bonds. The number of carbonyl (C=O) groups excluding carboxylic acids is 1. The van der Waals surface area contributed by atoms with Gasteiger partial charge in [0.25, 0.3) is 5.91 Å². The highest BCUT2D eigenvalue weighted by atomic mass is 35.5. The van der Waals surface area contributed by atoms with E-state index in [2.05, 4.69) is 13.8 Å². The predicted octanol–water partition coefficient (Wildman–Crippen LogP) is 3.44. The van der Waals surface area contributed by atoms with Crippen LogP contribution in [0.4, 0.5) is 0 Å². The van der Waals surface area contributed by atoms with E-state index in [0.29, 0.717) is 23.5 Å². The lowest BCUT2D eigenvalue weighted by molar-refractivity contribution is 0.0590. The molecule has 3 nitrogen and oxygen atoms in total. The average molecular weight is 270 g/mol. The monoisotopic (exact) mass is 269 g/mol. The summed E-state index contributed by atoms with van der Waals surface area (Å²) in [6.07, 6.45) is 1.19. The van der Waals surface area contributed by atoms with Crippen LogP contribution in [0.25, 0.3) is 0 Å². The Morgan fingerprint density at radius 3 is 2.56 bits per heavy atom. The molecule has 1 aliphatic rings. The molecule has 2 unspecified atom stereocenters. The number of hydrogen-bond donors (Lipinski definition) is 0. The first-order valence-electron chi connectivity index (χ1n) is 6.45.